The molecule has 0 bridgehead atoms. The van der Waals surface area contributed by atoms with Gasteiger partial charge in [0.25, 0.3) is 0 Å². The molecule has 3 nitrogen and oxygen atoms in total. The molecule has 2 unspecified atom stereocenters. The van der Waals surface area contributed by atoms with Crippen molar-refractivity contribution in [2.24, 2.45) is 0 Å². The molecule has 1 aliphatic heterocycles. The molecule has 0 aromatic rings. The largest absolute Gasteiger partial charge is 0.458 e. The zero-order chi connectivity index (χ0) is 11.8. The molecule has 2 atom stereocenters. The summed E-state index contributed by atoms with van der Waals surface area (Å²) >= 11 is 0. The second kappa shape index (κ2) is 4.36. The van der Waals surface area contributed by atoms with Crippen LogP contribution in [-0.4, -0.2) is 35.1 Å². The highest BCUT2D eigenvalue weighted by molar-refractivity contribution is 5.79. The van der Waals surface area contributed by atoms with Crippen LogP contribution in [0.1, 0.15) is 52.9 Å². The van der Waals surface area contributed by atoms with Crippen LogP contribution in [0.3, 0.4) is 0 Å². The summed E-state index contributed by atoms with van der Waals surface area (Å²) in [6.45, 7) is 7.26. The zero-order valence-electron chi connectivity index (χ0n) is 10.7. The first-order chi connectivity index (χ1) is 7.58. The SMILES string of the molecule is CCC1(OC(=O)C2CN2C(C)C)CCCC1. The van der Waals surface area contributed by atoms with E-state index in [0.717, 1.165) is 25.8 Å². The molecule has 1 aliphatic carbocycles. The van der Waals surface area contributed by atoms with Crippen molar-refractivity contribution in [1.82, 2.24) is 4.90 Å². The summed E-state index contributed by atoms with van der Waals surface area (Å²) in [4.78, 5) is 14.2. The Bertz CT molecular complexity index is 269. The maximum atomic E-state index is 12.0. The Balaban J connectivity index is 1.88. The van der Waals surface area contributed by atoms with Crippen LogP contribution in [0.25, 0.3) is 0 Å². The number of esters is 1. The molecule has 1 heterocycles. The molecule has 0 N–H and O–H groups in total. The number of ether oxygens (including phenoxy) is 1. The Morgan fingerprint density at radius 2 is 2.06 bits per heavy atom. The molecule has 0 aromatic heterocycles. The number of rotatable bonds is 4. The lowest BCUT2D eigenvalue weighted by Gasteiger charge is -2.27. The molecule has 0 radical (unpaired) electrons. The Hall–Kier alpha value is -0.570. The van der Waals surface area contributed by atoms with Gasteiger partial charge in [0.15, 0.2) is 0 Å². The van der Waals surface area contributed by atoms with Gasteiger partial charge in [0.1, 0.15) is 11.6 Å². The number of carbonyl (C=O) groups is 1. The summed E-state index contributed by atoms with van der Waals surface area (Å²) in [6.07, 6.45) is 5.50. The van der Waals surface area contributed by atoms with Crippen LogP contribution in [0.4, 0.5) is 0 Å². The van der Waals surface area contributed by atoms with Gasteiger partial charge in [-0.15, -0.1) is 0 Å². The Morgan fingerprint density at radius 1 is 1.44 bits per heavy atom. The standard InChI is InChI=1S/C13H23NO2/c1-4-13(7-5-6-8-13)16-12(15)11-9-14(11)10(2)3/h10-11H,4-9H2,1-3H3. The van der Waals surface area contributed by atoms with Gasteiger partial charge in [0.05, 0.1) is 0 Å². The van der Waals surface area contributed by atoms with E-state index in [1.807, 2.05) is 0 Å². The minimum absolute atomic E-state index is 0.0115. The minimum Gasteiger partial charge on any atom is -0.458 e. The molecular weight excluding hydrogens is 202 g/mol. The summed E-state index contributed by atoms with van der Waals surface area (Å²) < 4.78 is 5.77. The van der Waals surface area contributed by atoms with Crippen LogP contribution in [0.2, 0.25) is 0 Å². The van der Waals surface area contributed by atoms with Crippen LogP contribution in [-0.2, 0) is 9.53 Å². The number of hydrogen-bond acceptors (Lipinski definition) is 3. The first-order valence-electron chi connectivity index (χ1n) is 6.56. The molecule has 0 amide bonds. The number of carbonyl (C=O) groups excluding carboxylic acids is 1. The number of nitrogens with zero attached hydrogens (tertiary/aromatic N) is 1. The molecule has 1 saturated carbocycles. The molecule has 2 fully saturated rings. The van der Waals surface area contributed by atoms with E-state index >= 15 is 0 Å². The lowest BCUT2D eigenvalue weighted by molar-refractivity contribution is -0.160. The van der Waals surface area contributed by atoms with Gasteiger partial charge in [-0.05, 0) is 46.0 Å². The normalized spacial score (nSPS) is 31.8. The van der Waals surface area contributed by atoms with Gasteiger partial charge >= 0.3 is 5.97 Å². The highest BCUT2D eigenvalue weighted by Crippen LogP contribution is 2.37. The fourth-order valence-electron chi connectivity index (χ4n) is 2.76. The number of hydrogen-bond donors (Lipinski definition) is 0. The Labute approximate surface area is 98.1 Å². The molecular formula is C13H23NO2. The van der Waals surface area contributed by atoms with Crippen molar-refractivity contribution in [3.05, 3.63) is 0 Å². The third-order valence-corrected chi connectivity index (χ3v) is 4.06. The lowest BCUT2D eigenvalue weighted by atomic mass is 9.99. The van der Waals surface area contributed by atoms with Crippen LogP contribution in [0.15, 0.2) is 0 Å². The van der Waals surface area contributed by atoms with Crippen molar-refractivity contribution >= 4 is 5.97 Å². The van der Waals surface area contributed by atoms with E-state index in [0.29, 0.717) is 6.04 Å². The van der Waals surface area contributed by atoms with Crippen molar-refractivity contribution in [3.8, 4) is 0 Å². The third kappa shape index (κ3) is 2.24. The molecule has 16 heavy (non-hydrogen) atoms. The molecule has 0 spiro atoms. The van der Waals surface area contributed by atoms with Gasteiger partial charge in [-0.25, -0.2) is 0 Å². The van der Waals surface area contributed by atoms with E-state index in [-0.39, 0.29) is 17.6 Å². The lowest BCUT2D eigenvalue weighted by Crippen LogP contribution is -2.34. The van der Waals surface area contributed by atoms with Gasteiger partial charge in [0, 0.05) is 12.6 Å². The molecule has 0 aromatic carbocycles. The van der Waals surface area contributed by atoms with Gasteiger partial charge in [0.2, 0.25) is 0 Å². The van der Waals surface area contributed by atoms with E-state index in [1.165, 1.54) is 12.8 Å². The molecule has 2 aliphatic rings. The van der Waals surface area contributed by atoms with Crippen molar-refractivity contribution < 1.29 is 9.53 Å². The van der Waals surface area contributed by atoms with Crippen LogP contribution < -0.4 is 0 Å². The molecule has 92 valence electrons. The van der Waals surface area contributed by atoms with Crippen LogP contribution >= 0.6 is 0 Å². The fraction of sp³-hybridized carbons (Fsp3) is 0.923. The summed E-state index contributed by atoms with van der Waals surface area (Å²) in [7, 11) is 0. The molecule has 3 heteroatoms. The third-order valence-electron chi connectivity index (χ3n) is 4.06. The highest BCUT2D eigenvalue weighted by atomic mass is 16.6. The van der Waals surface area contributed by atoms with E-state index in [2.05, 4.69) is 25.7 Å². The van der Waals surface area contributed by atoms with Gasteiger partial charge in [-0.1, -0.05) is 6.92 Å². The zero-order valence-corrected chi connectivity index (χ0v) is 10.7. The van der Waals surface area contributed by atoms with Crippen LogP contribution in [0.5, 0.6) is 0 Å². The smallest absolute Gasteiger partial charge is 0.325 e. The highest BCUT2D eigenvalue weighted by Gasteiger charge is 2.46. The maximum absolute atomic E-state index is 12.0. The summed E-state index contributed by atoms with van der Waals surface area (Å²) in [5, 5.41) is 0. The van der Waals surface area contributed by atoms with Crippen molar-refractivity contribution in [3.63, 3.8) is 0 Å². The fourth-order valence-corrected chi connectivity index (χ4v) is 2.76. The van der Waals surface area contributed by atoms with E-state index in [4.69, 9.17) is 4.74 Å². The van der Waals surface area contributed by atoms with Gasteiger partial charge in [-0.3, -0.25) is 9.69 Å². The second-order valence-corrected chi connectivity index (χ2v) is 5.47. The molecule has 2 rings (SSSR count). The van der Waals surface area contributed by atoms with Gasteiger partial charge < -0.3 is 4.74 Å². The predicted octanol–water partition coefficient (Wildman–Crippen LogP) is 2.35. The first kappa shape index (κ1) is 11.9. The monoisotopic (exact) mass is 225 g/mol. The van der Waals surface area contributed by atoms with Crippen molar-refractivity contribution in [2.75, 3.05) is 6.54 Å². The topological polar surface area (TPSA) is 29.3 Å². The van der Waals surface area contributed by atoms with Gasteiger partial charge in [-0.2, -0.15) is 0 Å². The minimum atomic E-state index is -0.123. The summed E-state index contributed by atoms with van der Waals surface area (Å²) in [5.74, 6) is 0.0115. The summed E-state index contributed by atoms with van der Waals surface area (Å²) in [5.41, 5.74) is -0.123. The molecule has 1 saturated heterocycles. The predicted molar refractivity (Wildman–Crippen MR) is 63.2 cm³/mol. The maximum Gasteiger partial charge on any atom is 0.325 e. The van der Waals surface area contributed by atoms with E-state index < -0.39 is 0 Å². The van der Waals surface area contributed by atoms with E-state index in [9.17, 15) is 4.79 Å². The quantitative estimate of drug-likeness (QED) is 0.543. The second-order valence-electron chi connectivity index (χ2n) is 5.47. The average Bonchev–Trinajstić information content (AvgIpc) is 2.94. The summed E-state index contributed by atoms with van der Waals surface area (Å²) in [6, 6.07) is 0.503. The van der Waals surface area contributed by atoms with E-state index in [1.54, 1.807) is 0 Å². The Morgan fingerprint density at radius 3 is 2.50 bits per heavy atom. The average molecular weight is 225 g/mol. The van der Waals surface area contributed by atoms with Crippen molar-refractivity contribution in [2.45, 2.75) is 70.6 Å². The van der Waals surface area contributed by atoms with Crippen molar-refractivity contribution in [1.29, 1.82) is 0 Å². The Kier molecular flexibility index (Phi) is 3.24. The first-order valence-corrected chi connectivity index (χ1v) is 6.56. The van der Waals surface area contributed by atoms with Crippen LogP contribution in [0, 0.1) is 0 Å².